The molecule has 146 valence electrons. The second-order valence-corrected chi connectivity index (χ2v) is 8.63. The zero-order valence-corrected chi connectivity index (χ0v) is 17.2. The van der Waals surface area contributed by atoms with E-state index < -0.39 is 10.0 Å². The Morgan fingerprint density at radius 3 is 2.41 bits per heavy atom. The Morgan fingerprint density at radius 2 is 1.81 bits per heavy atom. The van der Waals surface area contributed by atoms with Crippen molar-refractivity contribution in [3.05, 3.63) is 52.5 Å². The second kappa shape index (κ2) is 9.30. The van der Waals surface area contributed by atoms with E-state index in [-0.39, 0.29) is 18.9 Å². The van der Waals surface area contributed by atoms with Crippen LogP contribution in [0.4, 0.5) is 11.4 Å². The first-order valence-corrected chi connectivity index (χ1v) is 10.7. The average molecular weight is 431 g/mol. The van der Waals surface area contributed by atoms with Gasteiger partial charge in [0.15, 0.2) is 0 Å². The Kier molecular flexibility index (Phi) is 7.35. The number of methoxy groups -OCH3 is 1. The summed E-state index contributed by atoms with van der Waals surface area (Å²) in [7, 11) is -1.99. The summed E-state index contributed by atoms with van der Waals surface area (Å²) in [5, 5.41) is 3.53. The molecule has 2 rings (SSSR count). The summed E-state index contributed by atoms with van der Waals surface area (Å²) in [6.07, 6.45) is 1.60. The van der Waals surface area contributed by atoms with Crippen LogP contribution in [-0.2, 0) is 14.8 Å². The highest BCUT2D eigenvalue weighted by atomic mass is 35.5. The van der Waals surface area contributed by atoms with E-state index >= 15 is 0 Å². The van der Waals surface area contributed by atoms with Gasteiger partial charge in [-0.15, -0.1) is 0 Å². The molecule has 6 nitrogen and oxygen atoms in total. The predicted molar refractivity (Wildman–Crippen MR) is 110 cm³/mol. The van der Waals surface area contributed by atoms with Gasteiger partial charge < -0.3 is 10.1 Å². The molecule has 2 aromatic carbocycles. The molecule has 1 amide bonds. The summed E-state index contributed by atoms with van der Waals surface area (Å²) in [5.41, 5.74) is 0.976. The van der Waals surface area contributed by atoms with Crippen LogP contribution in [0.3, 0.4) is 0 Å². The van der Waals surface area contributed by atoms with Crippen LogP contribution in [0.5, 0.6) is 5.75 Å². The quantitative estimate of drug-likeness (QED) is 0.680. The number of benzene rings is 2. The molecule has 0 unspecified atom stereocenters. The van der Waals surface area contributed by atoms with Crippen LogP contribution in [0.2, 0.25) is 10.0 Å². The summed E-state index contributed by atoms with van der Waals surface area (Å²) in [4.78, 5) is 12.1. The molecule has 0 bridgehead atoms. The molecule has 0 saturated heterocycles. The fourth-order valence-corrected chi connectivity index (χ4v) is 3.97. The lowest BCUT2D eigenvalue weighted by Crippen LogP contribution is -2.31. The Bertz CT molecular complexity index is 899. The smallest absolute Gasteiger partial charge is 0.232 e. The SMILES string of the molecule is COc1cccc(N(CCCC(=O)Nc2cc(Cl)cc(Cl)c2)S(C)(=O)=O)c1. The van der Waals surface area contributed by atoms with Crippen LogP contribution in [0.25, 0.3) is 0 Å². The Labute approximate surface area is 169 Å². The number of rotatable bonds is 8. The van der Waals surface area contributed by atoms with Crippen LogP contribution in [0, 0.1) is 0 Å². The number of carbonyl (C=O) groups is 1. The number of nitrogens with one attached hydrogen (secondary N) is 1. The minimum absolute atomic E-state index is 0.139. The van der Waals surface area contributed by atoms with Crippen molar-refractivity contribution in [3.8, 4) is 5.75 Å². The third kappa shape index (κ3) is 6.61. The van der Waals surface area contributed by atoms with Crippen LogP contribution < -0.4 is 14.4 Å². The molecule has 0 aliphatic rings. The highest BCUT2D eigenvalue weighted by Crippen LogP contribution is 2.24. The van der Waals surface area contributed by atoms with Gasteiger partial charge in [-0.3, -0.25) is 9.10 Å². The van der Waals surface area contributed by atoms with E-state index in [4.69, 9.17) is 27.9 Å². The zero-order valence-electron chi connectivity index (χ0n) is 14.9. The van der Waals surface area contributed by atoms with E-state index in [9.17, 15) is 13.2 Å². The van der Waals surface area contributed by atoms with Gasteiger partial charge in [0.2, 0.25) is 15.9 Å². The lowest BCUT2D eigenvalue weighted by molar-refractivity contribution is -0.116. The van der Waals surface area contributed by atoms with Crippen molar-refractivity contribution >= 4 is 50.5 Å². The largest absolute Gasteiger partial charge is 0.497 e. The lowest BCUT2D eigenvalue weighted by Gasteiger charge is -2.22. The average Bonchev–Trinajstić information content (AvgIpc) is 2.56. The molecule has 0 atom stereocenters. The maximum atomic E-state index is 12.1. The number of hydrogen-bond acceptors (Lipinski definition) is 4. The minimum Gasteiger partial charge on any atom is -0.497 e. The van der Waals surface area contributed by atoms with Gasteiger partial charge in [-0.2, -0.15) is 0 Å². The van der Waals surface area contributed by atoms with Crippen molar-refractivity contribution < 1.29 is 17.9 Å². The molecule has 27 heavy (non-hydrogen) atoms. The number of carbonyl (C=O) groups excluding carboxylic acids is 1. The van der Waals surface area contributed by atoms with Gasteiger partial charge >= 0.3 is 0 Å². The Balaban J connectivity index is 2.00. The van der Waals surface area contributed by atoms with E-state index in [1.165, 1.54) is 11.4 Å². The van der Waals surface area contributed by atoms with E-state index in [0.717, 1.165) is 6.26 Å². The van der Waals surface area contributed by atoms with Crippen molar-refractivity contribution in [2.24, 2.45) is 0 Å². The van der Waals surface area contributed by atoms with Gasteiger partial charge in [0.05, 0.1) is 19.1 Å². The number of sulfonamides is 1. The molecule has 0 fully saturated rings. The molecular formula is C18H20Cl2N2O4S. The number of hydrogen-bond donors (Lipinski definition) is 1. The number of amides is 1. The molecular weight excluding hydrogens is 411 g/mol. The van der Waals surface area contributed by atoms with E-state index in [1.54, 1.807) is 42.5 Å². The predicted octanol–water partition coefficient (Wildman–Crippen LogP) is 4.19. The van der Waals surface area contributed by atoms with Crippen molar-refractivity contribution in [1.29, 1.82) is 0 Å². The number of halogens is 2. The van der Waals surface area contributed by atoms with Crippen LogP contribution >= 0.6 is 23.2 Å². The molecule has 0 spiro atoms. The third-order valence-electron chi connectivity index (χ3n) is 3.65. The van der Waals surface area contributed by atoms with Crippen molar-refractivity contribution in [2.75, 3.05) is 29.5 Å². The van der Waals surface area contributed by atoms with E-state index in [0.29, 0.717) is 33.6 Å². The fraction of sp³-hybridized carbons (Fsp3) is 0.278. The van der Waals surface area contributed by atoms with Crippen LogP contribution in [0.1, 0.15) is 12.8 Å². The van der Waals surface area contributed by atoms with Gasteiger partial charge in [-0.05, 0) is 36.8 Å². The first kappa shape index (κ1) is 21.3. The normalized spacial score (nSPS) is 11.1. The van der Waals surface area contributed by atoms with Gasteiger partial charge in [-0.25, -0.2) is 8.42 Å². The number of nitrogens with zero attached hydrogens (tertiary/aromatic N) is 1. The van der Waals surface area contributed by atoms with E-state index in [1.807, 2.05) is 0 Å². The first-order chi connectivity index (χ1) is 12.7. The molecule has 0 aromatic heterocycles. The highest BCUT2D eigenvalue weighted by Gasteiger charge is 2.18. The summed E-state index contributed by atoms with van der Waals surface area (Å²) in [6, 6.07) is 11.5. The maximum Gasteiger partial charge on any atom is 0.232 e. The third-order valence-corrected chi connectivity index (χ3v) is 5.28. The lowest BCUT2D eigenvalue weighted by atomic mass is 10.2. The molecule has 0 aliphatic heterocycles. The summed E-state index contributed by atoms with van der Waals surface area (Å²) >= 11 is 11.8. The minimum atomic E-state index is -3.50. The molecule has 0 saturated carbocycles. The summed E-state index contributed by atoms with van der Waals surface area (Å²) in [5.74, 6) is 0.296. The molecule has 0 aliphatic carbocycles. The number of anilines is 2. The standard InChI is InChI=1S/C18H20Cl2N2O4S/c1-26-17-6-3-5-16(12-17)22(27(2,24)25)8-4-7-18(23)21-15-10-13(19)9-14(20)11-15/h3,5-6,9-12H,4,7-8H2,1-2H3,(H,21,23). The van der Waals surface area contributed by atoms with Gasteiger partial charge in [0, 0.05) is 34.8 Å². The molecule has 0 radical (unpaired) electrons. The van der Waals surface area contributed by atoms with E-state index in [2.05, 4.69) is 5.32 Å². The van der Waals surface area contributed by atoms with Gasteiger partial charge in [0.1, 0.15) is 5.75 Å². The topological polar surface area (TPSA) is 75.7 Å². The molecule has 0 heterocycles. The van der Waals surface area contributed by atoms with Crippen molar-refractivity contribution in [1.82, 2.24) is 0 Å². The molecule has 1 N–H and O–H groups in total. The van der Waals surface area contributed by atoms with Crippen LogP contribution in [-0.4, -0.2) is 34.2 Å². The summed E-state index contributed by atoms with van der Waals surface area (Å²) < 4.78 is 30.6. The zero-order chi connectivity index (χ0) is 20.0. The van der Waals surface area contributed by atoms with Crippen LogP contribution in [0.15, 0.2) is 42.5 Å². The van der Waals surface area contributed by atoms with Crippen molar-refractivity contribution in [2.45, 2.75) is 12.8 Å². The molecule has 9 heteroatoms. The second-order valence-electron chi connectivity index (χ2n) is 5.85. The monoisotopic (exact) mass is 430 g/mol. The molecule has 2 aromatic rings. The maximum absolute atomic E-state index is 12.1. The Hall–Kier alpha value is -1.96. The first-order valence-electron chi connectivity index (χ1n) is 8.07. The highest BCUT2D eigenvalue weighted by molar-refractivity contribution is 7.92. The fourth-order valence-electron chi connectivity index (χ4n) is 2.48. The van der Waals surface area contributed by atoms with Gasteiger partial charge in [0.25, 0.3) is 0 Å². The van der Waals surface area contributed by atoms with Gasteiger partial charge in [-0.1, -0.05) is 29.3 Å². The Morgan fingerprint density at radius 1 is 1.15 bits per heavy atom. The summed E-state index contributed by atoms with van der Waals surface area (Å²) in [6.45, 7) is 0.162. The number of ether oxygens (including phenoxy) is 1. The van der Waals surface area contributed by atoms with Crippen molar-refractivity contribution in [3.63, 3.8) is 0 Å².